The molecule has 61 nitrogen and oxygen atoms in total. The Bertz CT molecular complexity index is 6640. The number of H-pyrrole nitrogens is 4. The van der Waals surface area contributed by atoms with Crippen LogP contribution in [0.15, 0.2) is 82.1 Å². The first kappa shape index (κ1) is 113. The van der Waals surface area contributed by atoms with Gasteiger partial charge in [0.15, 0.2) is 53.8 Å². The van der Waals surface area contributed by atoms with Crippen LogP contribution < -0.4 is 62.2 Å². The minimum atomic E-state index is -5.98. The average Bonchev–Trinajstić information content (AvgIpc) is 1.61. The third-order valence-electron chi connectivity index (χ3n) is 23.5. The standard InChI is InChI=1S/C76H110N19O42P5S3/c1-11-39-40(22-46(127-39)90-24-36(3)63(97)87-74(90)102)133-140(109,143)125-30-44-51(56(119-19-14-114-8)69(131-44)92-25-37(4)64(98)88-75(92)103)135-138(105,106)122-28-42-50(55(118-18-13-113-7)68(129-42)91-23-35(2)59(77)84-73(91)101)134-139(107,108)123-29-43-52(57(120-20-15-115-9)70(130-43)93-26-38(5)65(99)89-76(93)104)136-142(111,145)126-31-45-53(58(121-21-16-116-10)71(132-45)94-33-82-47-60(78)80-32-81-61(47)94)137-141(110,144)124-27-41-49(96)54(117-17-12-112-6)67(128-41)95-34-83-48-62(95)85-72(79)86-66(48)100/h23-26,32-34,39-46,49-58,67-71,96H,11-22,27-31H2,1-10H3,(H,105,106)(H,107,108)(H,109,143)(H,110,144)(H,111,145)(H2,77,84,101)(H2,78,80,81)(H,87,97,102)(H,88,98,103)(H,89,99,104)(H3,79,85,86,100)/t39-,40?,41-,42-,43-,44-,45-,46-,49?,50?,51?,52?,53?,54+,55+,56+,57+,58+,67-,68-,69-,70-,71-,140?,141?,142?/m1/s1. The maximum Gasteiger partial charge on any atom is 0.472 e. The van der Waals surface area contributed by atoms with Crippen molar-refractivity contribution in [2.24, 2.45) is 0 Å². The summed E-state index contributed by atoms with van der Waals surface area (Å²) >= 11 is 15.7. The molecule has 804 valence electrons. The fourth-order valence-corrected chi connectivity index (χ4v) is 22.8. The van der Waals surface area contributed by atoms with Crippen LogP contribution in [0.1, 0.15) is 79.4 Å². The lowest BCUT2D eigenvalue weighted by atomic mass is 10.1. The highest BCUT2D eigenvalue weighted by Crippen LogP contribution is 2.60. The Morgan fingerprint density at radius 3 is 1.28 bits per heavy atom. The van der Waals surface area contributed by atoms with Crippen LogP contribution in [0.25, 0.3) is 22.3 Å². The number of ether oxygens (including phenoxy) is 16. The van der Waals surface area contributed by atoms with E-state index >= 15 is 13.7 Å². The number of methoxy groups -OCH3 is 5. The molecule has 0 radical (unpaired) electrons. The number of rotatable bonds is 52. The van der Waals surface area contributed by atoms with Gasteiger partial charge in [-0.15, -0.1) is 0 Å². The first-order valence-corrected chi connectivity index (χ1v) is 55.1. The third-order valence-corrected chi connectivity index (χ3v) is 30.2. The average molecular weight is 2210 g/mol. The summed E-state index contributed by atoms with van der Waals surface area (Å²) in [5.74, 6) is -0.619. The molecule has 11 unspecified atom stereocenters. The minimum absolute atomic E-state index is 0.0398. The van der Waals surface area contributed by atoms with E-state index in [0.717, 1.165) is 37.0 Å². The molecule has 69 heteroatoms. The van der Waals surface area contributed by atoms with Gasteiger partial charge in [0, 0.05) is 89.0 Å². The van der Waals surface area contributed by atoms with Crippen molar-refractivity contribution in [2.45, 2.75) is 189 Å². The summed E-state index contributed by atoms with van der Waals surface area (Å²) in [6.45, 7) is -14.8. The van der Waals surface area contributed by atoms with E-state index < -0.39 is 268 Å². The lowest BCUT2D eigenvalue weighted by Gasteiger charge is -2.30. The van der Waals surface area contributed by atoms with E-state index in [4.69, 9.17) is 162 Å². The summed E-state index contributed by atoms with van der Waals surface area (Å²) in [6.07, 6.45) is -29.5. The molecule has 6 aliphatic rings. The Hall–Kier alpha value is -7.68. The second kappa shape index (κ2) is 48.7. The van der Waals surface area contributed by atoms with Crippen molar-refractivity contribution in [3.05, 3.63) is 149 Å². The highest BCUT2D eigenvalue weighted by molar-refractivity contribution is 8.44. The number of anilines is 3. The van der Waals surface area contributed by atoms with Gasteiger partial charge in [0.2, 0.25) is 5.95 Å². The molecule has 0 aliphatic carbocycles. The number of phosphoric ester groups is 2. The number of aromatic nitrogens is 16. The molecule has 145 heavy (non-hydrogen) atoms. The molecule has 0 bridgehead atoms. The largest absolute Gasteiger partial charge is 0.472 e. The number of aryl methyl sites for hydroxylation is 4. The van der Waals surface area contributed by atoms with Crippen molar-refractivity contribution >= 4 is 112 Å². The predicted molar refractivity (Wildman–Crippen MR) is 504 cm³/mol. The summed E-state index contributed by atoms with van der Waals surface area (Å²) in [4.78, 5) is 189. The van der Waals surface area contributed by atoms with Gasteiger partial charge in [-0.05, 0) is 57.7 Å². The van der Waals surface area contributed by atoms with Gasteiger partial charge in [-0.2, -0.15) is 9.97 Å². The van der Waals surface area contributed by atoms with E-state index in [2.05, 4.69) is 62.1 Å². The SMILES string of the molecule is CC[C@H]1O[C@@H](n2cc(C)c(=O)[nH]c2=O)CC1OP(O)(=S)OC[C@H]1O[C@@H](n2cc(C)c(=O)[nH]c2=O)[C@@H](OCCOC)C1OP(=O)(O)OC[C@H]1O[C@@H](n2cc(C)c(N)nc2=O)[C@@H](OCCOC)C1OP(=O)(O)OC[C@H]1O[C@@H](n2cc(C)c(=O)[nH]c2=O)[C@@H](OCCOC)C1OP(=O)(S)OC[C@H]1O[C@@H](n2cnc3c(N)ncnc32)[C@@H](OCCOC)C1OP(O)(=S)OC[C@H]1O[C@@H](n2cnc3c(=O)[nH]c(N)nc32)[C@@H](OCCOC)C1O. The molecular weight excluding hydrogens is 2100 g/mol. The molecule has 0 saturated carbocycles. The quantitative estimate of drug-likeness (QED) is 0.0114. The number of fused-ring (bicyclic) bond motifs is 2. The maximum absolute atomic E-state index is 15.6. The van der Waals surface area contributed by atoms with E-state index in [1.54, 1.807) is 6.92 Å². The van der Waals surface area contributed by atoms with Crippen molar-refractivity contribution in [2.75, 3.05) is 152 Å². The topological polar surface area (TPSA) is 777 Å². The van der Waals surface area contributed by atoms with E-state index in [1.165, 1.54) is 97.4 Å². The number of nitrogens with two attached hydrogens (primary N) is 3. The van der Waals surface area contributed by atoms with Crippen LogP contribution in [-0.4, -0.2) is 340 Å². The van der Waals surface area contributed by atoms with Crippen molar-refractivity contribution in [3.8, 4) is 0 Å². The smallest absolute Gasteiger partial charge is 0.387 e. The number of aliphatic hydroxyl groups is 1. The van der Waals surface area contributed by atoms with E-state index in [9.17, 15) is 63.0 Å². The van der Waals surface area contributed by atoms with Crippen LogP contribution in [0, 0.1) is 27.7 Å². The molecule has 6 aliphatic heterocycles. The zero-order valence-corrected chi connectivity index (χ0v) is 85.8. The van der Waals surface area contributed by atoms with Crippen molar-refractivity contribution < 1.29 is 159 Å². The second-order valence-electron chi connectivity index (χ2n) is 33.3. The zero-order chi connectivity index (χ0) is 105. The Kier molecular flexibility index (Phi) is 38.0. The van der Waals surface area contributed by atoms with Crippen LogP contribution >= 0.6 is 48.1 Å². The molecule has 0 amide bonds. The molecule has 6 saturated heterocycles. The number of hydrogen-bond donors (Lipinski definition) is 13. The van der Waals surface area contributed by atoms with E-state index in [0.29, 0.717) is 0 Å². The Morgan fingerprint density at radius 2 is 0.800 bits per heavy atom. The number of nitrogens with zero attached hydrogens (tertiary/aromatic N) is 12. The Balaban J connectivity index is 0.754. The molecule has 8 aromatic rings. The van der Waals surface area contributed by atoms with Gasteiger partial charge in [-0.1, -0.05) is 19.2 Å². The first-order chi connectivity index (χ1) is 68.9. The van der Waals surface area contributed by atoms with Gasteiger partial charge >= 0.3 is 58.6 Å². The number of phosphoric acid groups is 2. The van der Waals surface area contributed by atoms with Crippen LogP contribution in [0.3, 0.4) is 0 Å². The number of nitrogen functional groups attached to an aromatic ring is 3. The number of hydrogen-bond acceptors (Lipinski definition) is 49. The number of nitrogens with one attached hydrogen (secondary N) is 4. The molecule has 6 fully saturated rings. The fraction of sp³-hybridized carbons (Fsp3) is 0.658. The highest BCUT2D eigenvalue weighted by Gasteiger charge is 2.59. The molecule has 15 N–H and O–H groups in total. The Labute approximate surface area is 834 Å². The van der Waals surface area contributed by atoms with Crippen LogP contribution in [0.4, 0.5) is 17.6 Å². The monoisotopic (exact) mass is 2210 g/mol. The number of thiol groups is 1. The number of aliphatic hydroxyl groups excluding tert-OH is 1. The van der Waals surface area contributed by atoms with E-state index in [1.807, 2.05) is 0 Å². The van der Waals surface area contributed by atoms with Crippen molar-refractivity contribution in [1.82, 2.24) is 77.2 Å². The summed E-state index contributed by atoms with van der Waals surface area (Å²) in [7, 11) is -5.19. The maximum atomic E-state index is 15.6. The van der Waals surface area contributed by atoms with Crippen LogP contribution in [0.2, 0.25) is 0 Å². The van der Waals surface area contributed by atoms with Crippen LogP contribution in [0.5, 0.6) is 0 Å². The van der Waals surface area contributed by atoms with Crippen molar-refractivity contribution in [1.29, 1.82) is 0 Å². The normalized spacial score (nSPS) is 29.2. The first-order valence-electron chi connectivity index (χ1n) is 44.3. The number of aromatic amines is 4. The molecule has 28 atom stereocenters. The Morgan fingerprint density at radius 1 is 0.414 bits per heavy atom. The fourth-order valence-electron chi connectivity index (χ4n) is 16.5. The van der Waals surface area contributed by atoms with Gasteiger partial charge in [0.1, 0.15) is 115 Å². The van der Waals surface area contributed by atoms with Gasteiger partial charge < -0.3 is 131 Å². The molecule has 0 spiro atoms. The molecule has 14 heterocycles. The van der Waals surface area contributed by atoms with Gasteiger partial charge in [0.05, 0.1) is 124 Å². The summed E-state index contributed by atoms with van der Waals surface area (Å²) in [6, 6.07) is 0. The van der Waals surface area contributed by atoms with Crippen molar-refractivity contribution in [3.63, 3.8) is 0 Å². The highest BCUT2D eigenvalue weighted by atomic mass is 32.7. The van der Waals surface area contributed by atoms with E-state index in [-0.39, 0.29) is 128 Å². The molecule has 14 rings (SSSR count). The summed E-state index contributed by atoms with van der Waals surface area (Å²) in [5.41, 5.74) is 11.2. The van der Waals surface area contributed by atoms with Gasteiger partial charge in [-0.25, -0.2) is 52.8 Å². The lowest BCUT2D eigenvalue weighted by Crippen LogP contribution is -2.42. The zero-order valence-electron chi connectivity index (χ0n) is 78.8. The van der Waals surface area contributed by atoms with Gasteiger partial charge in [0.25, 0.3) is 22.2 Å². The summed E-state index contributed by atoms with van der Waals surface area (Å²) in [5, 5.41) is 11.9. The second-order valence-corrected chi connectivity index (χ2v) is 44.5. The lowest BCUT2D eigenvalue weighted by molar-refractivity contribution is -0.0853. The number of imidazole rings is 2. The molecular formula is C76H110N19O42P5S3. The molecule has 0 aromatic carbocycles. The minimum Gasteiger partial charge on any atom is -0.387 e. The molecule has 8 aromatic heterocycles. The predicted octanol–water partition coefficient (Wildman–Crippen LogP) is -1.77. The third kappa shape index (κ3) is 26.9. The summed E-state index contributed by atoms with van der Waals surface area (Å²) < 4.78 is 209. The van der Waals surface area contributed by atoms with Gasteiger partial charge in [-0.3, -0.25) is 98.2 Å². The van der Waals surface area contributed by atoms with Crippen LogP contribution in [-0.2, 0) is 158 Å².